The molecule has 19 heavy (non-hydrogen) atoms. The third-order valence-electron chi connectivity index (χ3n) is 4.22. The number of aliphatic hydroxyl groups excluding tert-OH is 1. The molecule has 102 valence electrons. The topological polar surface area (TPSA) is 49.8 Å². The summed E-state index contributed by atoms with van der Waals surface area (Å²) in [5.41, 5.74) is 1.11. The number of aliphatic hydroxyl groups is 1. The highest BCUT2D eigenvalue weighted by molar-refractivity contribution is 5.83. The first-order valence-corrected chi connectivity index (χ1v) is 6.86. The minimum Gasteiger partial charge on any atom is -0.480 e. The van der Waals surface area contributed by atoms with Gasteiger partial charge < -0.3 is 14.7 Å². The van der Waals surface area contributed by atoms with Crippen molar-refractivity contribution in [1.29, 1.82) is 0 Å². The SMILES string of the molecule is CC1c2ccccc2OC1C(=O)N1CCC(CO)C1. The van der Waals surface area contributed by atoms with E-state index in [0.717, 1.165) is 24.3 Å². The Morgan fingerprint density at radius 1 is 1.47 bits per heavy atom. The van der Waals surface area contributed by atoms with Crippen molar-refractivity contribution in [3.63, 3.8) is 0 Å². The van der Waals surface area contributed by atoms with Gasteiger partial charge in [-0.15, -0.1) is 0 Å². The smallest absolute Gasteiger partial charge is 0.264 e. The molecule has 3 rings (SSSR count). The Morgan fingerprint density at radius 3 is 2.95 bits per heavy atom. The van der Waals surface area contributed by atoms with Gasteiger partial charge in [-0.25, -0.2) is 0 Å². The number of hydrogen-bond donors (Lipinski definition) is 1. The zero-order valence-corrected chi connectivity index (χ0v) is 11.1. The van der Waals surface area contributed by atoms with Crippen molar-refractivity contribution >= 4 is 5.91 Å². The van der Waals surface area contributed by atoms with Gasteiger partial charge in [-0.2, -0.15) is 0 Å². The van der Waals surface area contributed by atoms with Crippen LogP contribution in [-0.2, 0) is 4.79 Å². The highest BCUT2D eigenvalue weighted by Crippen LogP contribution is 2.38. The molecule has 0 aromatic heterocycles. The van der Waals surface area contributed by atoms with Crippen LogP contribution in [0.15, 0.2) is 24.3 Å². The average Bonchev–Trinajstić information content (AvgIpc) is 3.04. The Hall–Kier alpha value is -1.55. The number of carbonyl (C=O) groups is 1. The first kappa shape index (κ1) is 12.5. The van der Waals surface area contributed by atoms with E-state index in [1.54, 1.807) is 0 Å². The second-order valence-corrected chi connectivity index (χ2v) is 5.49. The third-order valence-corrected chi connectivity index (χ3v) is 4.22. The van der Waals surface area contributed by atoms with Crippen molar-refractivity contribution < 1.29 is 14.6 Å². The molecule has 1 saturated heterocycles. The van der Waals surface area contributed by atoms with Crippen LogP contribution in [0.4, 0.5) is 0 Å². The fourth-order valence-electron chi connectivity index (χ4n) is 2.99. The molecule has 0 radical (unpaired) electrons. The maximum atomic E-state index is 12.5. The van der Waals surface area contributed by atoms with E-state index in [9.17, 15) is 4.79 Å². The van der Waals surface area contributed by atoms with Crippen LogP contribution in [0.1, 0.15) is 24.8 Å². The number of ether oxygens (including phenoxy) is 1. The maximum absolute atomic E-state index is 12.5. The standard InChI is InChI=1S/C15H19NO3/c1-10-12-4-2-3-5-13(12)19-14(10)15(18)16-7-6-11(8-16)9-17/h2-5,10-11,14,17H,6-9H2,1H3. The molecule has 3 unspecified atom stereocenters. The fourth-order valence-corrected chi connectivity index (χ4v) is 2.99. The van der Waals surface area contributed by atoms with Crippen LogP contribution in [0.3, 0.4) is 0 Å². The Morgan fingerprint density at radius 2 is 2.26 bits per heavy atom. The zero-order valence-electron chi connectivity index (χ0n) is 11.1. The monoisotopic (exact) mass is 261 g/mol. The van der Waals surface area contributed by atoms with Gasteiger partial charge >= 0.3 is 0 Å². The molecule has 4 nitrogen and oxygen atoms in total. The van der Waals surface area contributed by atoms with Gasteiger partial charge in [0, 0.05) is 37.1 Å². The molecule has 1 N–H and O–H groups in total. The second kappa shape index (κ2) is 4.85. The van der Waals surface area contributed by atoms with Gasteiger partial charge in [-0.3, -0.25) is 4.79 Å². The van der Waals surface area contributed by atoms with Crippen LogP contribution in [0.2, 0.25) is 0 Å². The van der Waals surface area contributed by atoms with Gasteiger partial charge in [0.1, 0.15) is 5.75 Å². The lowest BCUT2D eigenvalue weighted by Crippen LogP contribution is -2.41. The second-order valence-electron chi connectivity index (χ2n) is 5.49. The molecule has 0 aliphatic carbocycles. The summed E-state index contributed by atoms with van der Waals surface area (Å²) in [6.07, 6.45) is 0.478. The zero-order chi connectivity index (χ0) is 13.4. The van der Waals surface area contributed by atoms with E-state index in [4.69, 9.17) is 9.84 Å². The Kier molecular flexibility index (Phi) is 3.19. The number of carbonyl (C=O) groups excluding carboxylic acids is 1. The highest BCUT2D eigenvalue weighted by Gasteiger charge is 2.40. The summed E-state index contributed by atoms with van der Waals surface area (Å²) >= 11 is 0. The quantitative estimate of drug-likeness (QED) is 0.875. The van der Waals surface area contributed by atoms with Crippen LogP contribution in [0, 0.1) is 5.92 Å². The van der Waals surface area contributed by atoms with Crippen molar-refractivity contribution in [2.24, 2.45) is 5.92 Å². The fraction of sp³-hybridized carbons (Fsp3) is 0.533. The van der Waals surface area contributed by atoms with E-state index in [2.05, 4.69) is 0 Å². The first-order valence-electron chi connectivity index (χ1n) is 6.86. The van der Waals surface area contributed by atoms with Crippen LogP contribution in [-0.4, -0.2) is 41.7 Å². The van der Waals surface area contributed by atoms with E-state index < -0.39 is 6.10 Å². The molecule has 1 aromatic rings. The molecule has 2 aliphatic rings. The van der Waals surface area contributed by atoms with Crippen LogP contribution < -0.4 is 4.74 Å². The molecule has 4 heteroatoms. The summed E-state index contributed by atoms with van der Waals surface area (Å²) in [6, 6.07) is 7.84. The van der Waals surface area contributed by atoms with Crippen LogP contribution in [0.25, 0.3) is 0 Å². The van der Waals surface area contributed by atoms with Gasteiger partial charge in [0.2, 0.25) is 0 Å². The Bertz CT molecular complexity index is 488. The number of hydrogen-bond acceptors (Lipinski definition) is 3. The minimum atomic E-state index is -0.408. The lowest BCUT2D eigenvalue weighted by atomic mass is 9.97. The number of likely N-dealkylation sites (tertiary alicyclic amines) is 1. The van der Waals surface area contributed by atoms with Crippen LogP contribution >= 0.6 is 0 Å². The molecule has 2 heterocycles. The summed E-state index contributed by atoms with van der Waals surface area (Å²) < 4.78 is 5.81. The van der Waals surface area contributed by atoms with Crippen molar-refractivity contribution in [2.45, 2.75) is 25.4 Å². The summed E-state index contributed by atoms with van der Waals surface area (Å²) in [5.74, 6) is 1.20. The molecule has 2 aliphatic heterocycles. The third kappa shape index (κ3) is 2.10. The van der Waals surface area contributed by atoms with Gasteiger partial charge in [-0.1, -0.05) is 25.1 Å². The van der Waals surface area contributed by atoms with Crippen molar-refractivity contribution in [2.75, 3.05) is 19.7 Å². The number of nitrogens with zero attached hydrogens (tertiary/aromatic N) is 1. The number of benzene rings is 1. The van der Waals surface area contributed by atoms with E-state index in [0.29, 0.717) is 6.54 Å². The summed E-state index contributed by atoms with van der Waals surface area (Å²) in [5, 5.41) is 9.16. The lowest BCUT2D eigenvalue weighted by molar-refractivity contribution is -0.137. The number of rotatable bonds is 2. The molecule has 1 amide bonds. The number of fused-ring (bicyclic) bond motifs is 1. The Labute approximate surface area is 113 Å². The molecular weight excluding hydrogens is 242 g/mol. The van der Waals surface area contributed by atoms with E-state index in [-0.39, 0.29) is 24.3 Å². The molecule has 0 saturated carbocycles. The summed E-state index contributed by atoms with van der Waals surface area (Å²) in [4.78, 5) is 14.3. The molecule has 1 aromatic carbocycles. The van der Waals surface area contributed by atoms with Gasteiger partial charge in [0.05, 0.1) is 0 Å². The first-order chi connectivity index (χ1) is 9.20. The summed E-state index contributed by atoms with van der Waals surface area (Å²) in [6.45, 7) is 3.57. The maximum Gasteiger partial charge on any atom is 0.264 e. The normalized spacial score (nSPS) is 29.2. The predicted molar refractivity (Wildman–Crippen MR) is 71.0 cm³/mol. The van der Waals surface area contributed by atoms with Crippen molar-refractivity contribution in [1.82, 2.24) is 4.90 Å². The molecule has 0 spiro atoms. The molecule has 0 bridgehead atoms. The highest BCUT2D eigenvalue weighted by atomic mass is 16.5. The van der Waals surface area contributed by atoms with E-state index in [1.807, 2.05) is 36.1 Å². The van der Waals surface area contributed by atoms with Gasteiger partial charge in [0.15, 0.2) is 6.10 Å². The van der Waals surface area contributed by atoms with Crippen molar-refractivity contribution in [3.8, 4) is 5.75 Å². The number of para-hydroxylation sites is 1. The largest absolute Gasteiger partial charge is 0.480 e. The molecular formula is C15H19NO3. The predicted octanol–water partition coefficient (Wildman–Crippen LogP) is 1.39. The van der Waals surface area contributed by atoms with Gasteiger partial charge in [0.25, 0.3) is 5.91 Å². The number of amides is 1. The Balaban J connectivity index is 1.73. The van der Waals surface area contributed by atoms with E-state index in [1.165, 1.54) is 0 Å². The lowest BCUT2D eigenvalue weighted by Gasteiger charge is -2.22. The minimum absolute atomic E-state index is 0.0552. The van der Waals surface area contributed by atoms with E-state index >= 15 is 0 Å². The molecule has 1 fully saturated rings. The van der Waals surface area contributed by atoms with Crippen molar-refractivity contribution in [3.05, 3.63) is 29.8 Å². The molecule has 3 atom stereocenters. The summed E-state index contributed by atoms with van der Waals surface area (Å²) in [7, 11) is 0. The van der Waals surface area contributed by atoms with Gasteiger partial charge in [-0.05, 0) is 12.5 Å². The van der Waals surface area contributed by atoms with Crippen LogP contribution in [0.5, 0.6) is 5.75 Å². The average molecular weight is 261 g/mol.